The molecule has 1 atom stereocenters. The Morgan fingerprint density at radius 2 is 1.79 bits per heavy atom. The highest BCUT2D eigenvalue weighted by atomic mass is 32.1. The number of esters is 1. The van der Waals surface area contributed by atoms with Crippen LogP contribution in [0.5, 0.6) is 0 Å². The van der Waals surface area contributed by atoms with Crippen molar-refractivity contribution in [2.75, 3.05) is 5.32 Å². The summed E-state index contributed by atoms with van der Waals surface area (Å²) in [7, 11) is 0. The highest BCUT2D eigenvalue weighted by Gasteiger charge is 2.28. The zero-order valence-corrected chi connectivity index (χ0v) is 18.9. The van der Waals surface area contributed by atoms with Gasteiger partial charge in [0.1, 0.15) is 6.10 Å². The molecule has 3 aromatic carbocycles. The van der Waals surface area contributed by atoms with Gasteiger partial charge in [0.25, 0.3) is 5.91 Å². The van der Waals surface area contributed by atoms with E-state index in [1.165, 1.54) is 16.9 Å². The molecule has 0 spiro atoms. The van der Waals surface area contributed by atoms with E-state index < -0.39 is 0 Å². The van der Waals surface area contributed by atoms with E-state index in [1.807, 2.05) is 55.5 Å². The number of aryl methyl sites for hydroxylation is 1. The SMILES string of the molecule is Cc1nc(NC(=O)c2ccc3c(c2)CC(c2ccccc2)OC3=O)sc1Cc1ccccc1. The molecule has 0 saturated carbocycles. The largest absolute Gasteiger partial charge is 0.454 e. The Morgan fingerprint density at radius 1 is 1.06 bits per heavy atom. The summed E-state index contributed by atoms with van der Waals surface area (Å²) in [5, 5.41) is 3.49. The van der Waals surface area contributed by atoms with E-state index in [1.54, 1.807) is 18.2 Å². The fourth-order valence-corrected chi connectivity index (χ4v) is 4.98. The molecule has 0 radical (unpaired) electrons. The van der Waals surface area contributed by atoms with Gasteiger partial charge in [-0.25, -0.2) is 9.78 Å². The fraction of sp³-hybridized carbons (Fsp3) is 0.148. The number of carbonyl (C=O) groups is 2. The molecule has 6 heteroatoms. The number of thiazole rings is 1. The van der Waals surface area contributed by atoms with Crippen LogP contribution in [0.1, 0.15) is 54.1 Å². The zero-order valence-electron chi connectivity index (χ0n) is 18.1. The highest BCUT2D eigenvalue weighted by Crippen LogP contribution is 2.31. The molecule has 33 heavy (non-hydrogen) atoms. The molecule has 0 aliphatic carbocycles. The third-order valence-electron chi connectivity index (χ3n) is 5.73. The van der Waals surface area contributed by atoms with Gasteiger partial charge in [0.2, 0.25) is 0 Å². The Morgan fingerprint density at radius 3 is 2.55 bits per heavy atom. The first-order valence-corrected chi connectivity index (χ1v) is 11.6. The first kappa shape index (κ1) is 21.1. The van der Waals surface area contributed by atoms with Gasteiger partial charge in [-0.05, 0) is 41.8 Å². The number of cyclic esters (lactones) is 1. The van der Waals surface area contributed by atoms with Crippen LogP contribution in [0, 0.1) is 6.92 Å². The van der Waals surface area contributed by atoms with Gasteiger partial charge in [-0.2, -0.15) is 0 Å². The van der Waals surface area contributed by atoms with E-state index in [-0.39, 0.29) is 18.0 Å². The number of benzene rings is 3. The Bertz CT molecular complexity index is 1320. The van der Waals surface area contributed by atoms with Crippen LogP contribution < -0.4 is 5.32 Å². The maximum absolute atomic E-state index is 13.0. The minimum Gasteiger partial charge on any atom is -0.454 e. The molecule has 1 amide bonds. The number of ether oxygens (including phenoxy) is 1. The first-order chi connectivity index (χ1) is 16.1. The van der Waals surface area contributed by atoms with Crippen molar-refractivity contribution in [3.63, 3.8) is 0 Å². The molecular weight excluding hydrogens is 432 g/mol. The fourth-order valence-electron chi connectivity index (χ4n) is 3.99. The van der Waals surface area contributed by atoms with Crippen LogP contribution in [0.3, 0.4) is 0 Å². The maximum atomic E-state index is 13.0. The molecule has 2 heterocycles. The number of anilines is 1. The molecule has 164 valence electrons. The molecule has 0 saturated heterocycles. The first-order valence-electron chi connectivity index (χ1n) is 10.8. The molecule has 0 bridgehead atoms. The van der Waals surface area contributed by atoms with Gasteiger partial charge < -0.3 is 4.74 Å². The van der Waals surface area contributed by atoms with Crippen molar-refractivity contribution in [1.82, 2.24) is 4.98 Å². The molecule has 1 N–H and O–H groups in total. The number of hydrogen-bond donors (Lipinski definition) is 1. The molecular formula is C27H22N2O3S. The Kier molecular flexibility index (Phi) is 5.75. The zero-order chi connectivity index (χ0) is 22.8. The van der Waals surface area contributed by atoms with Crippen molar-refractivity contribution in [3.8, 4) is 0 Å². The lowest BCUT2D eigenvalue weighted by molar-refractivity contribution is 0.0252. The smallest absolute Gasteiger partial charge is 0.339 e. The van der Waals surface area contributed by atoms with Crippen LogP contribution in [0.4, 0.5) is 5.13 Å². The van der Waals surface area contributed by atoms with Gasteiger partial charge in [0.05, 0.1) is 11.3 Å². The number of carbonyl (C=O) groups excluding carboxylic acids is 2. The Hall–Kier alpha value is -3.77. The molecule has 0 fully saturated rings. The summed E-state index contributed by atoms with van der Waals surface area (Å²) in [6, 6.07) is 25.0. The number of rotatable bonds is 5. The van der Waals surface area contributed by atoms with Crippen LogP contribution in [-0.2, 0) is 17.6 Å². The topological polar surface area (TPSA) is 68.3 Å². The molecule has 5 nitrogen and oxygen atoms in total. The third-order valence-corrected chi connectivity index (χ3v) is 6.81. The standard InChI is InChI=1S/C27H22N2O3S/c1-17-24(14-18-8-4-2-5-9-18)33-27(28-17)29-25(30)20-12-13-22-21(15-20)16-23(32-26(22)31)19-10-6-3-7-11-19/h2-13,15,23H,14,16H2,1H3,(H,28,29,30). The average Bonchev–Trinajstić information content (AvgIpc) is 3.18. The number of fused-ring (bicyclic) bond motifs is 1. The minimum atomic E-state index is -0.363. The molecule has 4 aromatic rings. The summed E-state index contributed by atoms with van der Waals surface area (Å²) in [5.74, 6) is -0.605. The van der Waals surface area contributed by atoms with E-state index in [0.717, 1.165) is 28.1 Å². The van der Waals surface area contributed by atoms with Crippen molar-refractivity contribution >= 4 is 28.3 Å². The summed E-state index contributed by atoms with van der Waals surface area (Å²) in [6.07, 6.45) is 0.956. The monoisotopic (exact) mass is 454 g/mol. The lowest BCUT2D eigenvalue weighted by atomic mass is 9.93. The van der Waals surface area contributed by atoms with Crippen LogP contribution >= 0.6 is 11.3 Å². The van der Waals surface area contributed by atoms with Gasteiger partial charge in [0, 0.05) is 23.3 Å². The number of nitrogens with zero attached hydrogens (tertiary/aromatic N) is 1. The summed E-state index contributed by atoms with van der Waals surface area (Å²) in [6.45, 7) is 1.96. The van der Waals surface area contributed by atoms with Crippen molar-refractivity contribution in [2.45, 2.75) is 25.9 Å². The quantitative estimate of drug-likeness (QED) is 0.390. The summed E-state index contributed by atoms with van der Waals surface area (Å²) >= 11 is 1.49. The number of aromatic nitrogens is 1. The lowest BCUT2D eigenvalue weighted by Crippen LogP contribution is -2.23. The molecule has 1 aliphatic rings. The van der Waals surface area contributed by atoms with Gasteiger partial charge in [-0.15, -0.1) is 11.3 Å². The lowest BCUT2D eigenvalue weighted by Gasteiger charge is -2.25. The molecule has 1 unspecified atom stereocenters. The Balaban J connectivity index is 1.33. The second-order valence-corrected chi connectivity index (χ2v) is 9.11. The van der Waals surface area contributed by atoms with E-state index in [4.69, 9.17) is 4.74 Å². The second kappa shape index (κ2) is 9.00. The maximum Gasteiger partial charge on any atom is 0.339 e. The van der Waals surface area contributed by atoms with Crippen molar-refractivity contribution in [2.24, 2.45) is 0 Å². The average molecular weight is 455 g/mol. The predicted octanol–water partition coefficient (Wildman–Crippen LogP) is 5.75. The molecule has 1 aliphatic heterocycles. The van der Waals surface area contributed by atoms with Crippen LogP contribution in [0.25, 0.3) is 0 Å². The molecule has 5 rings (SSSR count). The predicted molar refractivity (Wildman–Crippen MR) is 129 cm³/mol. The van der Waals surface area contributed by atoms with Gasteiger partial charge in [-0.1, -0.05) is 60.7 Å². The number of amides is 1. The highest BCUT2D eigenvalue weighted by molar-refractivity contribution is 7.15. The van der Waals surface area contributed by atoms with E-state index >= 15 is 0 Å². The van der Waals surface area contributed by atoms with Crippen LogP contribution in [0.15, 0.2) is 78.9 Å². The summed E-state index contributed by atoms with van der Waals surface area (Å²) in [4.78, 5) is 31.1. The van der Waals surface area contributed by atoms with E-state index in [2.05, 4.69) is 22.4 Å². The van der Waals surface area contributed by atoms with Crippen LogP contribution in [0.2, 0.25) is 0 Å². The van der Waals surface area contributed by atoms with Crippen molar-refractivity contribution in [1.29, 1.82) is 0 Å². The normalized spacial score (nSPS) is 14.9. The van der Waals surface area contributed by atoms with Gasteiger partial charge in [-0.3, -0.25) is 10.1 Å². The summed E-state index contributed by atoms with van der Waals surface area (Å²) < 4.78 is 5.61. The van der Waals surface area contributed by atoms with Gasteiger partial charge >= 0.3 is 5.97 Å². The Labute approximate surface area is 196 Å². The van der Waals surface area contributed by atoms with E-state index in [9.17, 15) is 9.59 Å². The van der Waals surface area contributed by atoms with Crippen molar-refractivity contribution < 1.29 is 14.3 Å². The van der Waals surface area contributed by atoms with Crippen molar-refractivity contribution in [3.05, 3.63) is 117 Å². The molecule has 1 aromatic heterocycles. The van der Waals surface area contributed by atoms with E-state index in [0.29, 0.717) is 22.7 Å². The second-order valence-electron chi connectivity index (χ2n) is 8.02. The third kappa shape index (κ3) is 4.56. The van der Waals surface area contributed by atoms with Gasteiger partial charge in [0.15, 0.2) is 5.13 Å². The van der Waals surface area contributed by atoms with Crippen LogP contribution in [-0.4, -0.2) is 16.9 Å². The number of hydrogen-bond acceptors (Lipinski definition) is 5. The number of nitrogens with one attached hydrogen (secondary N) is 1. The minimum absolute atomic E-state index is 0.243. The summed E-state index contributed by atoms with van der Waals surface area (Å²) in [5.41, 5.74) is 4.87.